The lowest BCUT2D eigenvalue weighted by Crippen LogP contribution is -2.28. The van der Waals surface area contributed by atoms with Gasteiger partial charge in [-0.1, -0.05) is 40.6 Å². The van der Waals surface area contributed by atoms with Gasteiger partial charge in [-0.15, -0.1) is 20.5 Å². The smallest absolute Gasteiger partial charge is 0.140 e. The fourth-order valence-electron chi connectivity index (χ4n) is 4.05. The van der Waals surface area contributed by atoms with Crippen molar-refractivity contribution in [3.63, 3.8) is 0 Å². The number of aryl methyl sites for hydroxylation is 2. The average Bonchev–Trinajstić information content (AvgIpc) is 3.42. The second-order valence-electron chi connectivity index (χ2n) is 9.30. The third-order valence-corrected chi connectivity index (χ3v) is 8.04. The van der Waals surface area contributed by atoms with Crippen LogP contribution in [0.15, 0.2) is 97.4 Å². The summed E-state index contributed by atoms with van der Waals surface area (Å²) in [6.45, 7) is 6.32. The van der Waals surface area contributed by atoms with Crippen molar-refractivity contribution in [2.24, 2.45) is 30.7 Å². The molecule has 0 radical (unpaired) electrons. The van der Waals surface area contributed by atoms with Crippen molar-refractivity contribution >= 4 is 73.0 Å². The first kappa shape index (κ1) is 27.1. The number of halogens is 2. The first-order chi connectivity index (χ1) is 18.9. The zero-order valence-corrected chi connectivity index (χ0v) is 24.0. The first-order valence-electron chi connectivity index (χ1n) is 12.7. The van der Waals surface area contributed by atoms with Gasteiger partial charge < -0.3 is 4.90 Å². The molecule has 4 aromatic rings. The predicted octanol–water partition coefficient (Wildman–Crippen LogP) is 11.9. The highest BCUT2D eigenvalue weighted by Crippen LogP contribution is 2.37. The van der Waals surface area contributed by atoms with Crippen LogP contribution in [-0.4, -0.2) is 13.1 Å². The number of azo groups is 3. The maximum absolute atomic E-state index is 6.45. The molecular formula is C29H27Cl2N7S. The van der Waals surface area contributed by atoms with E-state index >= 15 is 0 Å². The highest BCUT2D eigenvalue weighted by Gasteiger charge is 2.13. The molecule has 39 heavy (non-hydrogen) atoms. The van der Waals surface area contributed by atoms with E-state index in [0.29, 0.717) is 32.8 Å². The van der Waals surface area contributed by atoms with Gasteiger partial charge in [0.1, 0.15) is 16.4 Å². The van der Waals surface area contributed by atoms with Gasteiger partial charge in [0, 0.05) is 13.1 Å². The van der Waals surface area contributed by atoms with Gasteiger partial charge in [0.2, 0.25) is 0 Å². The molecule has 7 nitrogen and oxygen atoms in total. The van der Waals surface area contributed by atoms with Crippen molar-refractivity contribution in [3.05, 3.63) is 87.9 Å². The Morgan fingerprint density at radius 1 is 0.590 bits per heavy atom. The van der Waals surface area contributed by atoms with E-state index in [-0.39, 0.29) is 0 Å². The Morgan fingerprint density at radius 2 is 1.15 bits per heavy atom. The Bertz CT molecular complexity index is 1560. The third kappa shape index (κ3) is 7.15. The maximum atomic E-state index is 6.45. The lowest BCUT2D eigenvalue weighted by Gasteiger charge is -2.26. The average molecular weight is 577 g/mol. The molecule has 0 N–H and O–H groups in total. The number of benzene rings is 3. The molecule has 3 aromatic carbocycles. The Kier molecular flexibility index (Phi) is 8.76. The van der Waals surface area contributed by atoms with Crippen LogP contribution in [0.1, 0.15) is 30.4 Å². The number of hydrogen-bond acceptors (Lipinski definition) is 8. The number of rotatable bonds is 7. The summed E-state index contributed by atoms with van der Waals surface area (Å²) < 4.78 is 0. The van der Waals surface area contributed by atoms with Crippen LogP contribution < -0.4 is 4.90 Å². The van der Waals surface area contributed by atoms with E-state index in [1.807, 2.05) is 37.3 Å². The zero-order valence-electron chi connectivity index (χ0n) is 21.7. The van der Waals surface area contributed by atoms with E-state index in [4.69, 9.17) is 23.2 Å². The van der Waals surface area contributed by atoms with Crippen LogP contribution >= 0.6 is 34.5 Å². The van der Waals surface area contributed by atoms with E-state index in [1.165, 1.54) is 29.8 Å². The lowest BCUT2D eigenvalue weighted by atomic mass is 10.1. The Hall–Kier alpha value is -3.46. The molecule has 0 aliphatic carbocycles. The molecule has 1 aliphatic heterocycles. The Morgan fingerprint density at radius 3 is 1.74 bits per heavy atom. The SMILES string of the molecule is Cc1ccc(N=Nc2ccc(N=Nc3ccc(N=Nc4ccc(N5CCCCC5)s4)cc3Cl)cc2Cl)cc1C. The van der Waals surface area contributed by atoms with Crippen molar-refractivity contribution in [2.75, 3.05) is 18.0 Å². The molecule has 1 fully saturated rings. The molecule has 1 aromatic heterocycles. The normalized spacial score (nSPS) is 14.3. The summed E-state index contributed by atoms with van der Waals surface area (Å²) in [5, 5.41) is 28.8. The van der Waals surface area contributed by atoms with Crippen LogP contribution in [0.2, 0.25) is 10.0 Å². The summed E-state index contributed by atoms with van der Waals surface area (Å²) in [6.07, 6.45) is 3.80. The number of hydrogen-bond donors (Lipinski definition) is 0. The molecule has 0 unspecified atom stereocenters. The van der Waals surface area contributed by atoms with E-state index < -0.39 is 0 Å². The molecule has 10 heteroatoms. The van der Waals surface area contributed by atoms with Crippen LogP contribution in [0, 0.1) is 13.8 Å². The monoisotopic (exact) mass is 575 g/mol. The van der Waals surface area contributed by atoms with Crippen LogP contribution in [0.4, 0.5) is 38.4 Å². The highest BCUT2D eigenvalue weighted by molar-refractivity contribution is 7.19. The van der Waals surface area contributed by atoms with Gasteiger partial charge in [0.05, 0.1) is 32.1 Å². The highest BCUT2D eigenvalue weighted by atomic mass is 35.5. The summed E-state index contributed by atoms with van der Waals surface area (Å²) in [5.74, 6) is 0. The van der Waals surface area contributed by atoms with Gasteiger partial charge in [0.15, 0.2) is 0 Å². The lowest BCUT2D eigenvalue weighted by molar-refractivity contribution is 0.580. The molecular weight excluding hydrogens is 549 g/mol. The quantitative estimate of drug-likeness (QED) is 0.202. The summed E-state index contributed by atoms with van der Waals surface area (Å²) in [5.41, 5.74) is 5.44. The molecule has 2 heterocycles. The molecule has 0 saturated carbocycles. The van der Waals surface area contributed by atoms with E-state index in [1.54, 1.807) is 41.7 Å². The topological polar surface area (TPSA) is 77.4 Å². The minimum Gasteiger partial charge on any atom is -0.363 e. The Labute approximate surface area is 241 Å². The predicted molar refractivity (Wildman–Crippen MR) is 162 cm³/mol. The standard InChI is InChI=1S/C29H27Cl2N7S/c1-19-6-7-21(16-20(19)2)32-35-26-10-8-22(17-24(26)30)33-36-27-11-9-23(18-25(27)31)34-37-28-12-13-29(39-28)38-14-4-3-5-15-38/h6-13,16-18H,3-5,14-15H2,1-2H3. The van der Waals surface area contributed by atoms with Crippen LogP contribution in [-0.2, 0) is 0 Å². The fraction of sp³-hybridized carbons (Fsp3) is 0.241. The van der Waals surface area contributed by atoms with Crippen molar-refractivity contribution in [3.8, 4) is 0 Å². The summed E-state index contributed by atoms with van der Waals surface area (Å²) in [4.78, 5) is 2.42. The molecule has 0 spiro atoms. The van der Waals surface area contributed by atoms with Crippen molar-refractivity contribution in [2.45, 2.75) is 33.1 Å². The summed E-state index contributed by atoms with van der Waals surface area (Å²) >= 11 is 14.5. The van der Waals surface area contributed by atoms with E-state index in [0.717, 1.165) is 29.3 Å². The zero-order chi connectivity index (χ0) is 27.2. The molecule has 0 amide bonds. The van der Waals surface area contributed by atoms with Gasteiger partial charge in [-0.25, -0.2) is 0 Å². The van der Waals surface area contributed by atoms with Gasteiger partial charge in [-0.2, -0.15) is 10.2 Å². The van der Waals surface area contributed by atoms with Crippen molar-refractivity contribution in [1.29, 1.82) is 0 Å². The van der Waals surface area contributed by atoms with Crippen molar-refractivity contribution < 1.29 is 0 Å². The molecule has 1 aliphatic rings. The summed E-state index contributed by atoms with van der Waals surface area (Å²) in [7, 11) is 0. The number of nitrogens with zero attached hydrogens (tertiary/aromatic N) is 7. The van der Waals surface area contributed by atoms with Gasteiger partial charge >= 0.3 is 0 Å². The first-order valence-corrected chi connectivity index (χ1v) is 14.3. The Balaban J connectivity index is 1.22. The molecule has 5 rings (SSSR count). The number of anilines is 1. The van der Waals surface area contributed by atoms with E-state index in [9.17, 15) is 0 Å². The minimum atomic E-state index is 0.429. The number of thiophene rings is 1. The number of piperidine rings is 1. The molecule has 1 saturated heterocycles. The minimum absolute atomic E-state index is 0.429. The summed E-state index contributed by atoms with van der Waals surface area (Å²) in [6, 6.07) is 20.6. The van der Waals surface area contributed by atoms with Crippen LogP contribution in [0.3, 0.4) is 0 Å². The van der Waals surface area contributed by atoms with Crippen LogP contribution in [0.25, 0.3) is 0 Å². The van der Waals surface area contributed by atoms with E-state index in [2.05, 4.69) is 48.6 Å². The molecule has 0 atom stereocenters. The fourth-order valence-corrected chi connectivity index (χ4v) is 5.36. The second-order valence-corrected chi connectivity index (χ2v) is 11.2. The maximum Gasteiger partial charge on any atom is 0.140 e. The third-order valence-electron chi connectivity index (χ3n) is 6.41. The molecule has 198 valence electrons. The van der Waals surface area contributed by atoms with Gasteiger partial charge in [-0.3, -0.25) is 0 Å². The van der Waals surface area contributed by atoms with Crippen molar-refractivity contribution in [1.82, 2.24) is 0 Å². The van der Waals surface area contributed by atoms with Gasteiger partial charge in [-0.05, 0) is 105 Å². The van der Waals surface area contributed by atoms with Crippen LogP contribution in [0.5, 0.6) is 0 Å². The second kappa shape index (κ2) is 12.6. The molecule has 0 bridgehead atoms. The largest absolute Gasteiger partial charge is 0.363 e. The van der Waals surface area contributed by atoms with Gasteiger partial charge in [0.25, 0.3) is 0 Å².